The molecule has 0 saturated heterocycles. The van der Waals surface area contributed by atoms with E-state index in [0.29, 0.717) is 42.6 Å². The molecule has 1 fully saturated rings. The maximum atomic E-state index is 13.3. The van der Waals surface area contributed by atoms with E-state index in [0.717, 1.165) is 50.0 Å². The van der Waals surface area contributed by atoms with Gasteiger partial charge in [-0.05, 0) is 80.5 Å². The third-order valence-electron chi connectivity index (χ3n) is 8.16. The summed E-state index contributed by atoms with van der Waals surface area (Å²) in [7, 11) is -1.88. The van der Waals surface area contributed by atoms with Crippen molar-refractivity contribution >= 4 is 15.9 Å². The number of nitrogens with zero attached hydrogens (tertiary/aromatic N) is 2. The van der Waals surface area contributed by atoms with Crippen molar-refractivity contribution < 1.29 is 13.2 Å². The average molecular weight is 555 g/mol. The third kappa shape index (κ3) is 8.61. The summed E-state index contributed by atoms with van der Waals surface area (Å²) in [5, 5.41) is 7.17. The lowest BCUT2D eigenvalue weighted by molar-refractivity contribution is 0.0763. The Morgan fingerprint density at radius 2 is 1.62 bits per heavy atom. The van der Waals surface area contributed by atoms with Crippen LogP contribution in [0.3, 0.4) is 0 Å². The molecule has 214 valence electrons. The van der Waals surface area contributed by atoms with Crippen LogP contribution < -0.4 is 10.6 Å². The third-order valence-corrected chi connectivity index (χ3v) is 10.0. The van der Waals surface area contributed by atoms with Gasteiger partial charge in [-0.1, -0.05) is 49.9 Å². The lowest BCUT2D eigenvalue weighted by atomic mass is 10.0. The van der Waals surface area contributed by atoms with Gasteiger partial charge in [-0.15, -0.1) is 0 Å². The molecule has 0 atom stereocenters. The van der Waals surface area contributed by atoms with Gasteiger partial charge in [0.25, 0.3) is 5.91 Å². The zero-order valence-corrected chi connectivity index (χ0v) is 24.4. The summed E-state index contributed by atoms with van der Waals surface area (Å²) in [5.41, 5.74) is 2.84. The molecule has 0 aromatic heterocycles. The molecule has 1 amide bonds. The maximum Gasteiger partial charge on any atom is 0.253 e. The number of amides is 1. The van der Waals surface area contributed by atoms with E-state index in [1.807, 2.05) is 47.4 Å². The number of carbonyl (C=O) groups is 1. The second kappa shape index (κ2) is 14.9. The standard InChI is InChI=1S/C31H46N4O3S/c1-34(22-10-9-19-32-20-21-33-29-13-7-2-3-8-14-29)39(37,38)30-16-15-26-17-23-35(24-18-28(26)25-30)31(36)27-11-5-4-6-12-27/h4-6,11-12,15-16,25,29,32-33H,2-3,7-10,13-14,17-24H2,1H3. The maximum absolute atomic E-state index is 13.3. The second-order valence-corrected chi connectivity index (χ2v) is 13.1. The van der Waals surface area contributed by atoms with E-state index in [2.05, 4.69) is 10.6 Å². The van der Waals surface area contributed by atoms with Crippen LogP contribution in [-0.4, -0.2) is 75.9 Å². The highest BCUT2D eigenvalue weighted by atomic mass is 32.2. The first-order valence-electron chi connectivity index (χ1n) is 14.8. The van der Waals surface area contributed by atoms with Crippen molar-refractivity contribution in [1.82, 2.24) is 19.8 Å². The molecule has 0 unspecified atom stereocenters. The fraction of sp³-hybridized carbons (Fsp3) is 0.581. The van der Waals surface area contributed by atoms with E-state index in [4.69, 9.17) is 0 Å². The normalized spacial score (nSPS) is 17.0. The summed E-state index contributed by atoms with van der Waals surface area (Å²) in [6.45, 7) is 4.57. The first kappa shape index (κ1) is 29.7. The first-order valence-corrected chi connectivity index (χ1v) is 16.3. The van der Waals surface area contributed by atoms with Gasteiger partial charge in [-0.25, -0.2) is 12.7 Å². The lowest BCUT2D eigenvalue weighted by Gasteiger charge is -2.20. The van der Waals surface area contributed by atoms with E-state index in [1.54, 1.807) is 13.1 Å². The van der Waals surface area contributed by atoms with Crippen LogP contribution in [0.15, 0.2) is 53.4 Å². The molecule has 2 N–H and O–H groups in total. The monoisotopic (exact) mass is 554 g/mol. The van der Waals surface area contributed by atoms with Crippen molar-refractivity contribution in [3.63, 3.8) is 0 Å². The molecule has 0 radical (unpaired) electrons. The highest BCUT2D eigenvalue weighted by molar-refractivity contribution is 7.89. The molecular formula is C31H46N4O3S. The van der Waals surface area contributed by atoms with Crippen LogP contribution in [0.1, 0.15) is 72.9 Å². The van der Waals surface area contributed by atoms with Crippen LogP contribution in [0.4, 0.5) is 0 Å². The molecule has 39 heavy (non-hydrogen) atoms. The van der Waals surface area contributed by atoms with Crippen molar-refractivity contribution in [1.29, 1.82) is 0 Å². The average Bonchev–Trinajstić information content (AvgIpc) is 3.35. The molecule has 1 aliphatic heterocycles. The number of benzene rings is 2. The highest BCUT2D eigenvalue weighted by Gasteiger charge is 2.24. The molecule has 2 aromatic rings. The van der Waals surface area contributed by atoms with Crippen LogP contribution in [0.25, 0.3) is 0 Å². The predicted molar refractivity (Wildman–Crippen MR) is 158 cm³/mol. The first-order chi connectivity index (χ1) is 18.9. The Bertz CT molecular complexity index is 1150. The van der Waals surface area contributed by atoms with E-state index in [-0.39, 0.29) is 5.91 Å². The molecule has 4 rings (SSSR count). The molecule has 7 nitrogen and oxygen atoms in total. The Morgan fingerprint density at radius 1 is 0.897 bits per heavy atom. The van der Waals surface area contributed by atoms with Crippen LogP contribution >= 0.6 is 0 Å². The van der Waals surface area contributed by atoms with Gasteiger partial charge in [-0.2, -0.15) is 0 Å². The number of hydrogen-bond acceptors (Lipinski definition) is 5. The fourth-order valence-corrected chi connectivity index (χ4v) is 6.95. The number of rotatable bonds is 12. The van der Waals surface area contributed by atoms with Gasteiger partial charge in [0, 0.05) is 51.4 Å². The summed E-state index contributed by atoms with van der Waals surface area (Å²) in [6, 6.07) is 15.5. The van der Waals surface area contributed by atoms with Gasteiger partial charge in [0.1, 0.15) is 0 Å². The van der Waals surface area contributed by atoms with E-state index >= 15 is 0 Å². The number of carbonyl (C=O) groups excluding carboxylic acids is 1. The number of unbranched alkanes of at least 4 members (excludes halogenated alkanes) is 1. The highest BCUT2D eigenvalue weighted by Crippen LogP contribution is 2.23. The van der Waals surface area contributed by atoms with Gasteiger partial charge in [0.05, 0.1) is 4.90 Å². The Labute approximate surface area is 235 Å². The molecular weight excluding hydrogens is 508 g/mol. The largest absolute Gasteiger partial charge is 0.338 e. The summed E-state index contributed by atoms with van der Waals surface area (Å²) in [5.74, 6) is 0.0290. The van der Waals surface area contributed by atoms with Crippen molar-refractivity contribution in [2.24, 2.45) is 0 Å². The number of fused-ring (bicyclic) bond motifs is 1. The van der Waals surface area contributed by atoms with Crippen molar-refractivity contribution in [3.05, 3.63) is 65.2 Å². The van der Waals surface area contributed by atoms with Gasteiger partial charge >= 0.3 is 0 Å². The Kier molecular flexibility index (Phi) is 11.4. The van der Waals surface area contributed by atoms with E-state index < -0.39 is 10.0 Å². The SMILES string of the molecule is CN(CCCCNCCNC1CCCCCC1)S(=O)(=O)c1ccc2c(c1)CCN(C(=O)c1ccccc1)CC2. The van der Waals surface area contributed by atoms with Gasteiger partial charge in [0.2, 0.25) is 10.0 Å². The minimum Gasteiger partial charge on any atom is -0.338 e. The molecule has 1 aliphatic carbocycles. The minimum atomic E-state index is -3.55. The molecule has 2 aromatic carbocycles. The van der Waals surface area contributed by atoms with Crippen molar-refractivity contribution in [3.8, 4) is 0 Å². The minimum absolute atomic E-state index is 0.0290. The van der Waals surface area contributed by atoms with E-state index in [1.165, 1.54) is 42.8 Å². The van der Waals surface area contributed by atoms with E-state index in [9.17, 15) is 13.2 Å². The number of sulfonamides is 1. The Morgan fingerprint density at radius 3 is 2.36 bits per heavy atom. The smallest absolute Gasteiger partial charge is 0.253 e. The number of nitrogens with one attached hydrogen (secondary N) is 2. The van der Waals surface area contributed by atoms with Crippen LogP contribution in [0, 0.1) is 0 Å². The molecule has 0 spiro atoms. The van der Waals surface area contributed by atoms with Crippen LogP contribution in [0.5, 0.6) is 0 Å². The summed E-state index contributed by atoms with van der Waals surface area (Å²) < 4.78 is 28.0. The summed E-state index contributed by atoms with van der Waals surface area (Å²) in [4.78, 5) is 15.1. The van der Waals surface area contributed by atoms with Crippen molar-refractivity contribution in [2.45, 2.75) is 75.1 Å². The van der Waals surface area contributed by atoms with Gasteiger partial charge in [-0.3, -0.25) is 4.79 Å². The zero-order chi connectivity index (χ0) is 27.5. The predicted octanol–water partition coefficient (Wildman–Crippen LogP) is 4.23. The molecule has 1 saturated carbocycles. The van der Waals surface area contributed by atoms with Gasteiger partial charge in [0.15, 0.2) is 0 Å². The zero-order valence-electron chi connectivity index (χ0n) is 23.5. The quantitative estimate of drug-likeness (QED) is 0.303. The lowest BCUT2D eigenvalue weighted by Crippen LogP contribution is -2.35. The van der Waals surface area contributed by atoms with Gasteiger partial charge < -0.3 is 15.5 Å². The Balaban J connectivity index is 1.19. The Hall–Kier alpha value is -2.26. The molecule has 0 bridgehead atoms. The van der Waals surface area contributed by atoms with Crippen molar-refractivity contribution in [2.75, 3.05) is 46.3 Å². The summed E-state index contributed by atoms with van der Waals surface area (Å²) >= 11 is 0. The fourth-order valence-electron chi connectivity index (χ4n) is 5.69. The number of hydrogen-bond donors (Lipinski definition) is 2. The molecule has 2 aliphatic rings. The summed E-state index contributed by atoms with van der Waals surface area (Å²) in [6.07, 6.45) is 11.2. The molecule has 8 heteroatoms. The van der Waals surface area contributed by atoms with Crippen LogP contribution in [-0.2, 0) is 22.9 Å². The molecule has 1 heterocycles. The topological polar surface area (TPSA) is 81.8 Å². The van der Waals surface area contributed by atoms with Crippen LogP contribution in [0.2, 0.25) is 0 Å². The second-order valence-electron chi connectivity index (χ2n) is 11.0.